The van der Waals surface area contributed by atoms with Crippen LogP contribution in [0.4, 0.5) is 10.1 Å². The number of amides is 1. The third-order valence-corrected chi connectivity index (χ3v) is 6.74. The standard InChI is InChI=1S/C25H29FN4OS/c1-17(24-16-32-18(2)29-24)28-21-11-13-30(14-12-21)22-9-7-19(8-10-22)25(31)27-15-20-5-3-4-6-23(20)26/h3-10,16-17,21,28H,11-15H2,1-2H3,(H,27,31)/t17-/m1/s1. The van der Waals surface area contributed by atoms with Gasteiger partial charge in [-0.1, -0.05) is 18.2 Å². The highest BCUT2D eigenvalue weighted by molar-refractivity contribution is 7.09. The fourth-order valence-electron chi connectivity index (χ4n) is 4.07. The summed E-state index contributed by atoms with van der Waals surface area (Å²) in [4.78, 5) is 19.4. The van der Waals surface area contributed by atoms with Gasteiger partial charge in [0.2, 0.25) is 0 Å². The molecule has 168 valence electrons. The lowest BCUT2D eigenvalue weighted by molar-refractivity contribution is 0.0950. The Kier molecular flexibility index (Phi) is 7.17. The van der Waals surface area contributed by atoms with E-state index >= 15 is 0 Å². The van der Waals surface area contributed by atoms with Crippen molar-refractivity contribution < 1.29 is 9.18 Å². The molecule has 0 saturated carbocycles. The van der Waals surface area contributed by atoms with Gasteiger partial charge in [0.1, 0.15) is 5.82 Å². The van der Waals surface area contributed by atoms with E-state index in [1.54, 1.807) is 29.5 Å². The molecule has 32 heavy (non-hydrogen) atoms. The lowest BCUT2D eigenvalue weighted by Gasteiger charge is -2.35. The summed E-state index contributed by atoms with van der Waals surface area (Å²) >= 11 is 1.69. The molecule has 1 saturated heterocycles. The van der Waals surface area contributed by atoms with Crippen LogP contribution < -0.4 is 15.5 Å². The molecule has 0 aliphatic carbocycles. The molecule has 1 atom stereocenters. The van der Waals surface area contributed by atoms with E-state index in [4.69, 9.17) is 0 Å². The van der Waals surface area contributed by atoms with E-state index < -0.39 is 0 Å². The van der Waals surface area contributed by atoms with Crippen LogP contribution in [0.5, 0.6) is 0 Å². The molecule has 3 aromatic rings. The van der Waals surface area contributed by atoms with Gasteiger partial charge in [-0.2, -0.15) is 0 Å². The average molecular weight is 453 g/mol. The summed E-state index contributed by atoms with van der Waals surface area (Å²) in [7, 11) is 0. The van der Waals surface area contributed by atoms with Crippen LogP contribution in [0.3, 0.4) is 0 Å². The largest absolute Gasteiger partial charge is 0.371 e. The highest BCUT2D eigenvalue weighted by Crippen LogP contribution is 2.23. The molecule has 0 radical (unpaired) electrons. The van der Waals surface area contributed by atoms with Gasteiger partial charge < -0.3 is 15.5 Å². The van der Waals surface area contributed by atoms with E-state index in [-0.39, 0.29) is 24.3 Å². The Hall–Kier alpha value is -2.77. The zero-order chi connectivity index (χ0) is 22.5. The predicted molar refractivity (Wildman–Crippen MR) is 128 cm³/mol. The lowest BCUT2D eigenvalue weighted by Crippen LogP contribution is -2.43. The van der Waals surface area contributed by atoms with E-state index in [1.807, 2.05) is 31.2 Å². The zero-order valence-electron chi connectivity index (χ0n) is 18.5. The summed E-state index contributed by atoms with van der Waals surface area (Å²) in [6.07, 6.45) is 2.14. The molecule has 4 rings (SSSR count). The van der Waals surface area contributed by atoms with Crippen molar-refractivity contribution in [2.45, 2.75) is 45.3 Å². The quantitative estimate of drug-likeness (QED) is 0.539. The number of piperidine rings is 1. The molecule has 2 heterocycles. The number of carbonyl (C=O) groups is 1. The van der Waals surface area contributed by atoms with Crippen LogP contribution in [0.1, 0.15) is 52.4 Å². The fourth-order valence-corrected chi connectivity index (χ4v) is 4.77. The first-order chi connectivity index (χ1) is 15.5. The monoisotopic (exact) mass is 452 g/mol. The second kappa shape index (κ2) is 10.2. The molecule has 1 aliphatic rings. The van der Waals surface area contributed by atoms with Crippen molar-refractivity contribution in [2.75, 3.05) is 18.0 Å². The first-order valence-electron chi connectivity index (χ1n) is 11.0. The topological polar surface area (TPSA) is 57.3 Å². The van der Waals surface area contributed by atoms with Crippen LogP contribution in [0.15, 0.2) is 53.9 Å². The van der Waals surface area contributed by atoms with Gasteiger partial charge in [-0.15, -0.1) is 11.3 Å². The number of halogens is 1. The Balaban J connectivity index is 1.26. The van der Waals surface area contributed by atoms with Gasteiger partial charge in [0, 0.05) is 53.9 Å². The number of hydrogen-bond donors (Lipinski definition) is 2. The van der Waals surface area contributed by atoms with Crippen LogP contribution in [-0.4, -0.2) is 30.0 Å². The van der Waals surface area contributed by atoms with E-state index in [1.165, 1.54) is 6.07 Å². The Labute approximate surface area is 192 Å². The number of rotatable bonds is 7. The first-order valence-corrected chi connectivity index (χ1v) is 11.9. The van der Waals surface area contributed by atoms with Crippen molar-refractivity contribution in [1.82, 2.24) is 15.6 Å². The summed E-state index contributed by atoms with van der Waals surface area (Å²) < 4.78 is 13.7. The molecule has 0 bridgehead atoms. The van der Waals surface area contributed by atoms with Crippen LogP contribution in [0.25, 0.3) is 0 Å². The van der Waals surface area contributed by atoms with Gasteiger partial charge in [0.25, 0.3) is 5.91 Å². The van der Waals surface area contributed by atoms with Gasteiger partial charge in [-0.3, -0.25) is 4.79 Å². The molecule has 0 unspecified atom stereocenters. The third-order valence-electron chi connectivity index (χ3n) is 5.95. The zero-order valence-corrected chi connectivity index (χ0v) is 19.3. The first kappa shape index (κ1) is 22.4. The lowest BCUT2D eigenvalue weighted by atomic mass is 10.0. The number of aromatic nitrogens is 1. The summed E-state index contributed by atoms with van der Waals surface area (Å²) in [5.74, 6) is -0.508. The third kappa shape index (κ3) is 5.53. The van der Waals surface area contributed by atoms with Crippen molar-refractivity contribution >= 4 is 22.9 Å². The number of hydrogen-bond acceptors (Lipinski definition) is 5. The van der Waals surface area contributed by atoms with Crippen molar-refractivity contribution in [1.29, 1.82) is 0 Å². The summed E-state index contributed by atoms with van der Waals surface area (Å²) in [6.45, 7) is 6.33. The van der Waals surface area contributed by atoms with Gasteiger partial charge >= 0.3 is 0 Å². The molecule has 5 nitrogen and oxygen atoms in total. The van der Waals surface area contributed by atoms with E-state index in [0.717, 1.165) is 42.3 Å². The van der Waals surface area contributed by atoms with Gasteiger partial charge in [0.15, 0.2) is 0 Å². The van der Waals surface area contributed by atoms with E-state index in [9.17, 15) is 9.18 Å². The van der Waals surface area contributed by atoms with Gasteiger partial charge in [-0.25, -0.2) is 9.37 Å². The highest BCUT2D eigenvalue weighted by atomic mass is 32.1. The molecule has 1 aromatic heterocycles. The maximum absolute atomic E-state index is 13.7. The van der Waals surface area contributed by atoms with Crippen LogP contribution >= 0.6 is 11.3 Å². The molecule has 1 aliphatic heterocycles. The minimum atomic E-state index is -0.308. The van der Waals surface area contributed by atoms with Gasteiger partial charge in [-0.05, 0) is 57.0 Å². The number of carbonyl (C=O) groups excluding carboxylic acids is 1. The van der Waals surface area contributed by atoms with E-state index in [2.05, 4.69) is 32.8 Å². The predicted octanol–water partition coefficient (Wildman–Crippen LogP) is 4.84. The van der Waals surface area contributed by atoms with Crippen LogP contribution in [-0.2, 0) is 6.54 Å². The summed E-state index contributed by atoms with van der Waals surface area (Å²) in [5.41, 5.74) is 3.30. The molecule has 1 amide bonds. The number of anilines is 1. The minimum Gasteiger partial charge on any atom is -0.371 e. The van der Waals surface area contributed by atoms with Crippen LogP contribution in [0.2, 0.25) is 0 Å². The van der Waals surface area contributed by atoms with Gasteiger partial charge in [0.05, 0.1) is 10.7 Å². The summed E-state index contributed by atoms with van der Waals surface area (Å²) in [5, 5.41) is 9.74. The number of nitrogens with zero attached hydrogens (tertiary/aromatic N) is 2. The Morgan fingerprint density at radius 3 is 2.56 bits per heavy atom. The van der Waals surface area contributed by atoms with Crippen molar-refractivity contribution in [3.8, 4) is 0 Å². The number of benzene rings is 2. The molecule has 2 N–H and O–H groups in total. The fraction of sp³-hybridized carbons (Fsp3) is 0.360. The molecular formula is C25H29FN4OS. The molecule has 0 spiro atoms. The van der Waals surface area contributed by atoms with Crippen molar-refractivity contribution in [2.24, 2.45) is 0 Å². The molecule has 1 fully saturated rings. The number of thiazole rings is 1. The number of aryl methyl sites for hydroxylation is 1. The molecular weight excluding hydrogens is 423 g/mol. The van der Waals surface area contributed by atoms with Crippen molar-refractivity contribution in [3.05, 3.63) is 81.6 Å². The minimum absolute atomic E-state index is 0.173. The van der Waals surface area contributed by atoms with Crippen molar-refractivity contribution in [3.63, 3.8) is 0 Å². The summed E-state index contributed by atoms with van der Waals surface area (Å²) in [6, 6.07) is 14.9. The Morgan fingerprint density at radius 2 is 1.91 bits per heavy atom. The second-order valence-corrected chi connectivity index (χ2v) is 9.32. The Bertz CT molecular complexity index is 1040. The maximum Gasteiger partial charge on any atom is 0.251 e. The normalized spacial score (nSPS) is 15.5. The number of nitrogens with one attached hydrogen (secondary N) is 2. The molecule has 7 heteroatoms. The SMILES string of the molecule is Cc1nc([C@@H](C)NC2CCN(c3ccc(C(=O)NCc4ccccc4F)cc3)CC2)cs1. The second-order valence-electron chi connectivity index (χ2n) is 8.26. The smallest absolute Gasteiger partial charge is 0.251 e. The average Bonchev–Trinajstić information content (AvgIpc) is 3.25. The van der Waals surface area contributed by atoms with E-state index in [0.29, 0.717) is 17.2 Å². The highest BCUT2D eigenvalue weighted by Gasteiger charge is 2.22. The Morgan fingerprint density at radius 1 is 1.19 bits per heavy atom. The maximum atomic E-state index is 13.7. The molecule has 2 aromatic carbocycles. The van der Waals surface area contributed by atoms with Crippen LogP contribution in [0, 0.1) is 12.7 Å².